The van der Waals surface area contributed by atoms with Crippen LogP contribution in [0, 0.1) is 5.92 Å². The molecule has 0 saturated heterocycles. The fourth-order valence-electron chi connectivity index (χ4n) is 3.00. The quantitative estimate of drug-likeness (QED) is 0.822. The number of aromatic carboxylic acids is 1. The minimum atomic E-state index is -0.968. The Morgan fingerprint density at radius 2 is 2.16 bits per heavy atom. The molecule has 0 amide bonds. The van der Waals surface area contributed by atoms with Crippen molar-refractivity contribution in [1.82, 2.24) is 0 Å². The number of hydrogen-bond donors (Lipinski definition) is 2. The highest BCUT2D eigenvalue weighted by atomic mass is 16.4. The lowest BCUT2D eigenvalue weighted by atomic mass is 9.86. The van der Waals surface area contributed by atoms with Gasteiger partial charge in [0.2, 0.25) is 0 Å². The molecular formula is C15H22N2O2. The van der Waals surface area contributed by atoms with E-state index < -0.39 is 5.97 Å². The fourth-order valence-corrected chi connectivity index (χ4v) is 3.00. The van der Waals surface area contributed by atoms with Crippen molar-refractivity contribution in [2.24, 2.45) is 5.92 Å². The van der Waals surface area contributed by atoms with Crippen molar-refractivity contribution in [2.75, 3.05) is 17.7 Å². The zero-order valence-corrected chi connectivity index (χ0v) is 11.6. The maximum Gasteiger partial charge on any atom is 0.337 e. The maximum absolute atomic E-state index is 11.1. The molecule has 19 heavy (non-hydrogen) atoms. The van der Waals surface area contributed by atoms with Gasteiger partial charge in [0, 0.05) is 13.1 Å². The van der Waals surface area contributed by atoms with Crippen molar-refractivity contribution >= 4 is 17.3 Å². The summed E-state index contributed by atoms with van der Waals surface area (Å²) in [6, 6.07) is 5.67. The van der Waals surface area contributed by atoms with Gasteiger partial charge >= 0.3 is 5.97 Å². The molecule has 2 unspecified atom stereocenters. The minimum absolute atomic E-state index is 0.188. The molecule has 4 nitrogen and oxygen atoms in total. The standard InChI is InChI=1S/C15H22N2O2/c1-10-5-3-6-11(9-10)17(2)13-8-4-7-12(14(13)16)15(18)19/h4,7-8,10-11H,3,5-6,9,16H2,1-2H3,(H,18,19). The van der Waals surface area contributed by atoms with Crippen LogP contribution >= 0.6 is 0 Å². The molecule has 0 spiro atoms. The first kappa shape index (κ1) is 13.7. The number of carboxylic acid groups (broad SMARTS) is 1. The van der Waals surface area contributed by atoms with Crippen molar-refractivity contribution in [3.05, 3.63) is 23.8 Å². The number of hydrogen-bond acceptors (Lipinski definition) is 3. The van der Waals surface area contributed by atoms with Gasteiger partial charge in [0.15, 0.2) is 0 Å². The average molecular weight is 262 g/mol. The van der Waals surface area contributed by atoms with Crippen LogP contribution in [0.3, 0.4) is 0 Å². The van der Waals surface area contributed by atoms with Gasteiger partial charge in [-0.2, -0.15) is 0 Å². The number of anilines is 2. The first-order chi connectivity index (χ1) is 9.00. The molecule has 4 heteroatoms. The number of rotatable bonds is 3. The lowest BCUT2D eigenvalue weighted by molar-refractivity contribution is 0.0698. The third kappa shape index (κ3) is 2.83. The van der Waals surface area contributed by atoms with Gasteiger partial charge in [-0.25, -0.2) is 4.79 Å². The topological polar surface area (TPSA) is 66.6 Å². The molecular weight excluding hydrogens is 240 g/mol. The summed E-state index contributed by atoms with van der Waals surface area (Å²) in [7, 11) is 2.01. The Morgan fingerprint density at radius 3 is 2.79 bits per heavy atom. The highest BCUT2D eigenvalue weighted by Crippen LogP contribution is 2.33. The summed E-state index contributed by atoms with van der Waals surface area (Å²) in [5, 5.41) is 9.13. The van der Waals surface area contributed by atoms with E-state index in [1.165, 1.54) is 12.8 Å². The summed E-state index contributed by atoms with van der Waals surface area (Å²) in [4.78, 5) is 13.3. The van der Waals surface area contributed by atoms with Gasteiger partial charge in [-0.15, -0.1) is 0 Å². The Morgan fingerprint density at radius 1 is 1.42 bits per heavy atom. The van der Waals surface area contributed by atoms with Crippen LogP contribution in [0.2, 0.25) is 0 Å². The number of carboxylic acids is 1. The molecule has 0 heterocycles. The van der Waals surface area contributed by atoms with Crippen LogP contribution in [-0.2, 0) is 0 Å². The van der Waals surface area contributed by atoms with E-state index in [1.54, 1.807) is 12.1 Å². The fraction of sp³-hybridized carbons (Fsp3) is 0.533. The van der Waals surface area contributed by atoms with Crippen molar-refractivity contribution < 1.29 is 9.90 Å². The van der Waals surface area contributed by atoms with Crippen LogP contribution in [0.15, 0.2) is 18.2 Å². The van der Waals surface area contributed by atoms with E-state index in [0.29, 0.717) is 11.7 Å². The van der Waals surface area contributed by atoms with Crippen LogP contribution in [-0.4, -0.2) is 24.2 Å². The summed E-state index contributed by atoms with van der Waals surface area (Å²) >= 11 is 0. The van der Waals surface area contributed by atoms with Gasteiger partial charge < -0.3 is 15.7 Å². The molecule has 2 atom stereocenters. The van der Waals surface area contributed by atoms with E-state index in [1.807, 2.05) is 13.1 Å². The van der Waals surface area contributed by atoms with E-state index in [0.717, 1.165) is 24.4 Å². The number of para-hydroxylation sites is 1. The first-order valence-corrected chi connectivity index (χ1v) is 6.85. The Hall–Kier alpha value is -1.71. The van der Waals surface area contributed by atoms with Gasteiger partial charge in [0.25, 0.3) is 0 Å². The normalized spacial score (nSPS) is 23.1. The zero-order chi connectivity index (χ0) is 14.0. The number of nitrogen functional groups attached to an aromatic ring is 1. The van der Waals surface area contributed by atoms with Crippen molar-refractivity contribution in [3.63, 3.8) is 0 Å². The van der Waals surface area contributed by atoms with E-state index in [-0.39, 0.29) is 5.56 Å². The molecule has 1 saturated carbocycles. The Labute approximate surface area is 114 Å². The van der Waals surface area contributed by atoms with Gasteiger partial charge in [-0.3, -0.25) is 0 Å². The monoisotopic (exact) mass is 262 g/mol. The Kier molecular flexibility index (Phi) is 3.98. The molecule has 1 aliphatic carbocycles. The van der Waals surface area contributed by atoms with Crippen LogP contribution in [0.4, 0.5) is 11.4 Å². The number of nitrogens with zero attached hydrogens (tertiary/aromatic N) is 1. The van der Waals surface area contributed by atoms with E-state index >= 15 is 0 Å². The van der Waals surface area contributed by atoms with Crippen LogP contribution < -0.4 is 10.6 Å². The molecule has 0 aromatic heterocycles. The van der Waals surface area contributed by atoms with E-state index in [4.69, 9.17) is 10.8 Å². The molecule has 1 fully saturated rings. The van der Waals surface area contributed by atoms with Crippen molar-refractivity contribution in [1.29, 1.82) is 0 Å². The minimum Gasteiger partial charge on any atom is -0.478 e. The Balaban J connectivity index is 2.26. The highest BCUT2D eigenvalue weighted by Gasteiger charge is 2.24. The second-order valence-corrected chi connectivity index (χ2v) is 5.58. The molecule has 0 radical (unpaired) electrons. The number of nitrogens with two attached hydrogens (primary N) is 1. The summed E-state index contributed by atoms with van der Waals surface area (Å²) in [5.74, 6) is -0.241. The summed E-state index contributed by atoms with van der Waals surface area (Å²) in [5.41, 5.74) is 7.40. The van der Waals surface area contributed by atoms with Gasteiger partial charge in [-0.05, 0) is 30.9 Å². The van der Waals surface area contributed by atoms with Gasteiger partial charge in [0.1, 0.15) is 0 Å². The Bertz CT molecular complexity index is 473. The second-order valence-electron chi connectivity index (χ2n) is 5.58. The second kappa shape index (κ2) is 5.51. The van der Waals surface area contributed by atoms with Crippen LogP contribution in [0.5, 0.6) is 0 Å². The van der Waals surface area contributed by atoms with Gasteiger partial charge in [-0.1, -0.05) is 25.8 Å². The maximum atomic E-state index is 11.1. The largest absolute Gasteiger partial charge is 0.478 e. The van der Waals surface area contributed by atoms with Crippen molar-refractivity contribution in [3.8, 4) is 0 Å². The molecule has 1 aromatic rings. The molecule has 0 aliphatic heterocycles. The third-order valence-electron chi connectivity index (χ3n) is 4.15. The summed E-state index contributed by atoms with van der Waals surface area (Å²) < 4.78 is 0. The smallest absolute Gasteiger partial charge is 0.337 e. The molecule has 2 rings (SSSR count). The molecule has 104 valence electrons. The zero-order valence-electron chi connectivity index (χ0n) is 11.6. The molecule has 1 aromatic carbocycles. The average Bonchev–Trinajstić information content (AvgIpc) is 2.38. The van der Waals surface area contributed by atoms with E-state index in [2.05, 4.69) is 11.8 Å². The number of benzene rings is 1. The van der Waals surface area contributed by atoms with Crippen molar-refractivity contribution in [2.45, 2.75) is 38.6 Å². The summed E-state index contributed by atoms with van der Waals surface area (Å²) in [6.45, 7) is 2.27. The van der Waals surface area contributed by atoms with Crippen LogP contribution in [0.1, 0.15) is 43.0 Å². The van der Waals surface area contributed by atoms with Gasteiger partial charge in [0.05, 0.1) is 16.9 Å². The SMILES string of the molecule is CC1CCCC(N(C)c2cccc(C(=O)O)c2N)C1. The highest BCUT2D eigenvalue weighted by molar-refractivity contribution is 5.97. The molecule has 3 N–H and O–H groups in total. The molecule has 1 aliphatic rings. The third-order valence-corrected chi connectivity index (χ3v) is 4.15. The number of carbonyl (C=O) groups is 1. The molecule has 0 bridgehead atoms. The predicted molar refractivity (Wildman–Crippen MR) is 77.6 cm³/mol. The lowest BCUT2D eigenvalue weighted by Crippen LogP contribution is -2.36. The van der Waals surface area contributed by atoms with Crippen LogP contribution in [0.25, 0.3) is 0 Å². The first-order valence-electron chi connectivity index (χ1n) is 6.85. The predicted octanol–water partition coefficient (Wildman–Crippen LogP) is 2.98. The summed E-state index contributed by atoms with van der Waals surface area (Å²) in [6.07, 6.45) is 4.81. The van der Waals surface area contributed by atoms with E-state index in [9.17, 15) is 4.79 Å². The lowest BCUT2D eigenvalue weighted by Gasteiger charge is -2.36.